The van der Waals surface area contributed by atoms with Crippen molar-refractivity contribution in [3.8, 4) is 0 Å². The van der Waals surface area contributed by atoms with Crippen molar-refractivity contribution in [2.45, 2.75) is 59.2 Å². The molecule has 1 atom stereocenters. The topological polar surface area (TPSA) is 86.8 Å². The zero-order valence-electron chi connectivity index (χ0n) is 20.4. The van der Waals surface area contributed by atoms with Crippen molar-refractivity contribution in [3.63, 3.8) is 0 Å². The molecular weight excluding hydrogens is 474 g/mol. The highest BCUT2D eigenvalue weighted by atomic mass is 35.5. The molecule has 0 radical (unpaired) electrons. The number of aryl methyl sites for hydroxylation is 1. The average molecular weight is 508 g/mol. The maximum absolute atomic E-state index is 13.2. The number of sulfonamides is 1. The monoisotopic (exact) mass is 507 g/mol. The summed E-state index contributed by atoms with van der Waals surface area (Å²) >= 11 is 5.92. The molecular formula is C25H34ClN3O4S. The molecule has 2 rings (SSSR count). The Morgan fingerprint density at radius 2 is 1.71 bits per heavy atom. The first-order chi connectivity index (χ1) is 15.9. The van der Waals surface area contributed by atoms with Crippen LogP contribution in [0.4, 0.5) is 5.69 Å². The van der Waals surface area contributed by atoms with Crippen molar-refractivity contribution in [1.82, 2.24) is 10.2 Å². The predicted octanol–water partition coefficient (Wildman–Crippen LogP) is 4.14. The van der Waals surface area contributed by atoms with E-state index in [1.54, 1.807) is 36.1 Å². The van der Waals surface area contributed by atoms with Gasteiger partial charge in [-0.2, -0.15) is 0 Å². The molecule has 0 heterocycles. The standard InChI is InChI=1S/C25H34ClN3O4S/c1-18(2)27-25(31)20(4)28(17-21-9-6-8-19(3)16-21)24(30)10-7-15-29(34(5,32)33)23-13-11-22(26)12-14-23/h6,8-9,11-14,16,18,20H,7,10,15,17H2,1-5H3,(H,27,31)/t20-/m1/s1. The fourth-order valence-corrected chi connectivity index (χ4v) is 4.70. The Balaban J connectivity index is 2.16. The van der Waals surface area contributed by atoms with E-state index >= 15 is 0 Å². The third-order valence-electron chi connectivity index (χ3n) is 5.30. The highest BCUT2D eigenvalue weighted by Crippen LogP contribution is 2.21. The van der Waals surface area contributed by atoms with Gasteiger partial charge in [0, 0.05) is 30.6 Å². The summed E-state index contributed by atoms with van der Waals surface area (Å²) in [5.74, 6) is -0.438. The predicted molar refractivity (Wildman–Crippen MR) is 137 cm³/mol. The number of halogens is 1. The van der Waals surface area contributed by atoms with Crippen LogP contribution in [0.2, 0.25) is 5.02 Å². The maximum atomic E-state index is 13.2. The number of benzene rings is 2. The fraction of sp³-hybridized carbons (Fsp3) is 0.440. The lowest BCUT2D eigenvalue weighted by molar-refractivity contribution is -0.140. The van der Waals surface area contributed by atoms with E-state index in [0.29, 0.717) is 23.7 Å². The minimum atomic E-state index is -3.54. The van der Waals surface area contributed by atoms with Crippen molar-refractivity contribution < 1.29 is 18.0 Å². The Kier molecular flexibility index (Phi) is 9.94. The number of rotatable bonds is 11. The van der Waals surface area contributed by atoms with Crippen molar-refractivity contribution >= 4 is 39.1 Å². The van der Waals surface area contributed by atoms with Crippen molar-refractivity contribution in [1.29, 1.82) is 0 Å². The van der Waals surface area contributed by atoms with E-state index < -0.39 is 16.1 Å². The number of hydrogen-bond acceptors (Lipinski definition) is 4. The highest BCUT2D eigenvalue weighted by molar-refractivity contribution is 7.92. The van der Waals surface area contributed by atoms with E-state index in [9.17, 15) is 18.0 Å². The summed E-state index contributed by atoms with van der Waals surface area (Å²) in [7, 11) is -3.54. The van der Waals surface area contributed by atoms with Crippen LogP contribution in [0.5, 0.6) is 0 Å². The second-order valence-corrected chi connectivity index (χ2v) is 11.1. The molecule has 0 spiro atoms. The molecule has 7 nitrogen and oxygen atoms in total. The first-order valence-electron chi connectivity index (χ1n) is 11.3. The maximum Gasteiger partial charge on any atom is 0.242 e. The van der Waals surface area contributed by atoms with Crippen LogP contribution in [0.15, 0.2) is 48.5 Å². The van der Waals surface area contributed by atoms with Gasteiger partial charge >= 0.3 is 0 Å². The van der Waals surface area contributed by atoms with Gasteiger partial charge in [0.15, 0.2) is 0 Å². The van der Waals surface area contributed by atoms with Crippen LogP contribution in [0.3, 0.4) is 0 Å². The van der Waals surface area contributed by atoms with Crippen LogP contribution in [-0.4, -0.2) is 50.0 Å². The minimum absolute atomic E-state index is 0.0476. The molecule has 2 amide bonds. The number of amides is 2. The molecule has 0 saturated heterocycles. The van der Waals surface area contributed by atoms with Gasteiger partial charge < -0.3 is 10.2 Å². The molecule has 0 aromatic heterocycles. The molecule has 0 unspecified atom stereocenters. The summed E-state index contributed by atoms with van der Waals surface area (Å²) in [6, 6.07) is 13.6. The summed E-state index contributed by atoms with van der Waals surface area (Å²) < 4.78 is 25.9. The Morgan fingerprint density at radius 3 is 2.26 bits per heavy atom. The van der Waals surface area contributed by atoms with Crippen LogP contribution >= 0.6 is 11.6 Å². The molecule has 186 valence electrons. The van der Waals surface area contributed by atoms with Crippen LogP contribution in [-0.2, 0) is 26.2 Å². The Hall–Kier alpha value is -2.58. The third kappa shape index (κ3) is 8.33. The zero-order valence-corrected chi connectivity index (χ0v) is 22.0. The van der Waals surface area contributed by atoms with E-state index in [1.807, 2.05) is 45.0 Å². The molecule has 9 heteroatoms. The molecule has 2 aromatic rings. The largest absolute Gasteiger partial charge is 0.352 e. The van der Waals surface area contributed by atoms with Crippen LogP contribution < -0.4 is 9.62 Å². The van der Waals surface area contributed by atoms with Gasteiger partial charge in [-0.05, 0) is 63.9 Å². The lowest BCUT2D eigenvalue weighted by Crippen LogP contribution is -2.49. The van der Waals surface area contributed by atoms with E-state index in [0.717, 1.165) is 17.4 Å². The van der Waals surface area contributed by atoms with E-state index in [1.165, 1.54) is 4.31 Å². The molecule has 0 bridgehead atoms. The Bertz CT molecular complexity index is 1090. The first kappa shape index (κ1) is 27.7. The number of carbonyl (C=O) groups excluding carboxylic acids is 2. The van der Waals surface area contributed by atoms with Crippen LogP contribution in [0.1, 0.15) is 44.7 Å². The third-order valence-corrected chi connectivity index (χ3v) is 6.75. The molecule has 0 fully saturated rings. The number of nitrogens with zero attached hydrogens (tertiary/aromatic N) is 2. The number of anilines is 1. The summed E-state index contributed by atoms with van der Waals surface area (Å²) in [6.45, 7) is 7.85. The van der Waals surface area contributed by atoms with E-state index in [4.69, 9.17) is 11.6 Å². The SMILES string of the molecule is Cc1cccc(CN(C(=O)CCCN(c2ccc(Cl)cc2)S(C)(=O)=O)[C@H](C)C(=O)NC(C)C)c1. The molecule has 2 aromatic carbocycles. The van der Waals surface area contributed by atoms with Gasteiger partial charge in [0.25, 0.3) is 0 Å². The normalized spacial score (nSPS) is 12.3. The van der Waals surface area contributed by atoms with Gasteiger partial charge in [0.1, 0.15) is 6.04 Å². The van der Waals surface area contributed by atoms with Crippen LogP contribution in [0.25, 0.3) is 0 Å². The number of hydrogen-bond donors (Lipinski definition) is 1. The summed E-state index contributed by atoms with van der Waals surface area (Å²) in [6.07, 6.45) is 1.54. The van der Waals surface area contributed by atoms with Gasteiger partial charge in [-0.3, -0.25) is 13.9 Å². The molecule has 0 aliphatic heterocycles. The fourth-order valence-electron chi connectivity index (χ4n) is 3.61. The average Bonchev–Trinajstić information content (AvgIpc) is 2.74. The lowest BCUT2D eigenvalue weighted by Gasteiger charge is -2.30. The molecule has 0 aliphatic rings. The molecule has 34 heavy (non-hydrogen) atoms. The smallest absolute Gasteiger partial charge is 0.242 e. The summed E-state index contributed by atoms with van der Waals surface area (Å²) in [5, 5.41) is 3.37. The van der Waals surface area contributed by atoms with Crippen LogP contribution in [0, 0.1) is 6.92 Å². The highest BCUT2D eigenvalue weighted by Gasteiger charge is 2.27. The zero-order chi connectivity index (χ0) is 25.5. The molecule has 0 aliphatic carbocycles. The van der Waals surface area contributed by atoms with Gasteiger partial charge in [-0.1, -0.05) is 41.4 Å². The summed E-state index contributed by atoms with van der Waals surface area (Å²) in [5.41, 5.74) is 2.48. The quantitative estimate of drug-likeness (QED) is 0.495. The Morgan fingerprint density at radius 1 is 1.06 bits per heavy atom. The number of nitrogens with one attached hydrogen (secondary N) is 1. The second kappa shape index (κ2) is 12.2. The van der Waals surface area contributed by atoms with Gasteiger partial charge in [0.05, 0.1) is 11.9 Å². The molecule has 1 N–H and O–H groups in total. The molecule has 0 saturated carbocycles. The van der Waals surface area contributed by atoms with E-state index in [2.05, 4.69) is 5.32 Å². The van der Waals surface area contributed by atoms with E-state index in [-0.39, 0.29) is 30.8 Å². The van der Waals surface area contributed by atoms with Crippen molar-refractivity contribution in [2.24, 2.45) is 0 Å². The van der Waals surface area contributed by atoms with Gasteiger partial charge in [0.2, 0.25) is 21.8 Å². The van der Waals surface area contributed by atoms with Crippen molar-refractivity contribution in [2.75, 3.05) is 17.1 Å². The first-order valence-corrected chi connectivity index (χ1v) is 13.5. The second-order valence-electron chi connectivity index (χ2n) is 8.77. The lowest BCUT2D eigenvalue weighted by atomic mass is 10.1. The minimum Gasteiger partial charge on any atom is -0.352 e. The summed E-state index contributed by atoms with van der Waals surface area (Å²) in [4.78, 5) is 27.5. The van der Waals surface area contributed by atoms with Crippen molar-refractivity contribution in [3.05, 3.63) is 64.7 Å². The Labute approximate surface area is 208 Å². The van der Waals surface area contributed by atoms with Gasteiger partial charge in [-0.15, -0.1) is 0 Å². The number of carbonyl (C=O) groups is 2. The van der Waals surface area contributed by atoms with Gasteiger partial charge in [-0.25, -0.2) is 8.42 Å².